The van der Waals surface area contributed by atoms with Gasteiger partial charge in [-0.05, 0) is 63.0 Å². The molecule has 21 heavy (non-hydrogen) atoms. The fourth-order valence-corrected chi connectivity index (χ4v) is 3.61. The first-order valence-electron chi connectivity index (χ1n) is 8.04. The van der Waals surface area contributed by atoms with Crippen LogP contribution in [0.1, 0.15) is 37.7 Å². The van der Waals surface area contributed by atoms with Gasteiger partial charge in [0.1, 0.15) is 0 Å². The van der Waals surface area contributed by atoms with E-state index in [-0.39, 0.29) is 5.91 Å². The van der Waals surface area contributed by atoms with E-state index in [9.17, 15) is 4.79 Å². The second-order valence-corrected chi connectivity index (χ2v) is 6.35. The largest absolute Gasteiger partial charge is 0.399 e. The van der Waals surface area contributed by atoms with Crippen LogP contribution >= 0.6 is 0 Å². The number of rotatable bonds is 3. The fourth-order valence-electron chi connectivity index (χ4n) is 3.61. The van der Waals surface area contributed by atoms with Gasteiger partial charge in [-0.1, -0.05) is 6.42 Å². The average Bonchev–Trinajstić information content (AvgIpc) is 2.48. The van der Waals surface area contributed by atoms with Crippen molar-refractivity contribution in [1.29, 1.82) is 0 Å². The highest BCUT2D eigenvalue weighted by Crippen LogP contribution is 2.30. The van der Waals surface area contributed by atoms with E-state index in [4.69, 9.17) is 5.73 Å². The molecule has 0 radical (unpaired) electrons. The Labute approximate surface area is 126 Å². The summed E-state index contributed by atoms with van der Waals surface area (Å²) in [6.45, 7) is 2.01. The third-order valence-corrected chi connectivity index (χ3v) is 4.91. The predicted octanol–water partition coefficient (Wildman–Crippen LogP) is 2.42. The highest BCUT2D eigenvalue weighted by Gasteiger charge is 2.26. The van der Waals surface area contributed by atoms with Gasteiger partial charge in [0, 0.05) is 30.4 Å². The van der Waals surface area contributed by atoms with Crippen molar-refractivity contribution in [3.05, 3.63) is 23.8 Å². The minimum absolute atomic E-state index is 0.255. The number of benzene rings is 1. The lowest BCUT2D eigenvalue weighted by molar-refractivity contribution is -0.118. The van der Waals surface area contributed by atoms with E-state index in [0.29, 0.717) is 12.5 Å². The molecule has 2 aliphatic rings. The van der Waals surface area contributed by atoms with Gasteiger partial charge in [0.15, 0.2) is 0 Å². The monoisotopic (exact) mass is 287 g/mol. The van der Waals surface area contributed by atoms with Crippen molar-refractivity contribution in [3.63, 3.8) is 0 Å². The van der Waals surface area contributed by atoms with Crippen molar-refractivity contribution < 1.29 is 4.79 Å². The van der Waals surface area contributed by atoms with Crippen LogP contribution in [0, 0.1) is 0 Å². The average molecular weight is 287 g/mol. The zero-order chi connectivity index (χ0) is 14.8. The van der Waals surface area contributed by atoms with Crippen molar-refractivity contribution in [1.82, 2.24) is 4.90 Å². The highest BCUT2D eigenvalue weighted by molar-refractivity contribution is 5.96. The summed E-state index contributed by atoms with van der Waals surface area (Å²) in [5, 5.41) is 0. The van der Waals surface area contributed by atoms with Crippen molar-refractivity contribution in [2.45, 2.75) is 44.6 Å². The smallest absolute Gasteiger partial charge is 0.227 e. The molecule has 0 aromatic heterocycles. The van der Waals surface area contributed by atoms with Gasteiger partial charge in [-0.25, -0.2) is 0 Å². The molecule has 0 saturated carbocycles. The SMILES string of the molecule is CN1CCCCC1CCN1C(=O)CCc2cc(N)ccc21. The normalized spacial score (nSPS) is 23.2. The van der Waals surface area contributed by atoms with Gasteiger partial charge in [-0.3, -0.25) is 4.79 Å². The van der Waals surface area contributed by atoms with E-state index in [2.05, 4.69) is 11.9 Å². The van der Waals surface area contributed by atoms with Gasteiger partial charge in [0.05, 0.1) is 0 Å². The fraction of sp³-hybridized carbons (Fsp3) is 0.588. The molecule has 0 bridgehead atoms. The van der Waals surface area contributed by atoms with Gasteiger partial charge >= 0.3 is 0 Å². The van der Waals surface area contributed by atoms with Crippen LogP contribution in [0.5, 0.6) is 0 Å². The molecule has 4 nitrogen and oxygen atoms in total. The van der Waals surface area contributed by atoms with Gasteiger partial charge in [-0.2, -0.15) is 0 Å². The zero-order valence-corrected chi connectivity index (χ0v) is 12.8. The molecule has 2 aliphatic heterocycles. The second-order valence-electron chi connectivity index (χ2n) is 6.35. The predicted molar refractivity (Wildman–Crippen MR) is 86.4 cm³/mol. The van der Waals surface area contributed by atoms with E-state index in [1.165, 1.54) is 31.4 Å². The summed E-state index contributed by atoms with van der Waals surface area (Å²) in [6.07, 6.45) is 6.36. The number of nitrogen functional groups attached to an aromatic ring is 1. The first kappa shape index (κ1) is 14.4. The Bertz CT molecular complexity index is 529. The van der Waals surface area contributed by atoms with Crippen LogP contribution in [-0.2, 0) is 11.2 Å². The van der Waals surface area contributed by atoms with Crippen LogP contribution in [0.25, 0.3) is 0 Å². The van der Waals surface area contributed by atoms with Crippen LogP contribution < -0.4 is 10.6 Å². The highest BCUT2D eigenvalue weighted by atomic mass is 16.2. The molecular formula is C17H25N3O. The molecule has 1 amide bonds. The molecule has 0 spiro atoms. The lowest BCUT2D eigenvalue weighted by Crippen LogP contribution is -2.42. The molecule has 1 unspecified atom stereocenters. The van der Waals surface area contributed by atoms with E-state index in [1.54, 1.807) is 0 Å². The minimum Gasteiger partial charge on any atom is -0.399 e. The molecular weight excluding hydrogens is 262 g/mol. The molecule has 1 aromatic rings. The summed E-state index contributed by atoms with van der Waals surface area (Å²) in [6, 6.07) is 6.54. The number of likely N-dealkylation sites (tertiary alicyclic amines) is 1. The summed E-state index contributed by atoms with van der Waals surface area (Å²) in [5.74, 6) is 0.255. The summed E-state index contributed by atoms with van der Waals surface area (Å²) < 4.78 is 0. The van der Waals surface area contributed by atoms with E-state index < -0.39 is 0 Å². The number of piperidine rings is 1. The zero-order valence-electron chi connectivity index (χ0n) is 12.8. The molecule has 1 atom stereocenters. The molecule has 4 heteroatoms. The van der Waals surface area contributed by atoms with Crippen LogP contribution in [0.15, 0.2) is 18.2 Å². The Morgan fingerprint density at radius 3 is 2.95 bits per heavy atom. The molecule has 2 heterocycles. The first-order valence-corrected chi connectivity index (χ1v) is 8.04. The van der Waals surface area contributed by atoms with Crippen molar-refractivity contribution in [2.24, 2.45) is 0 Å². The number of carbonyl (C=O) groups is 1. The molecule has 0 aliphatic carbocycles. The Hall–Kier alpha value is -1.55. The Morgan fingerprint density at radius 2 is 2.14 bits per heavy atom. The van der Waals surface area contributed by atoms with Crippen molar-refractivity contribution >= 4 is 17.3 Å². The van der Waals surface area contributed by atoms with Crippen molar-refractivity contribution in [3.8, 4) is 0 Å². The number of nitrogens with zero attached hydrogens (tertiary/aromatic N) is 2. The van der Waals surface area contributed by atoms with E-state index in [0.717, 1.165) is 30.8 Å². The summed E-state index contributed by atoms with van der Waals surface area (Å²) in [4.78, 5) is 16.7. The van der Waals surface area contributed by atoms with Crippen LogP contribution in [-0.4, -0.2) is 37.0 Å². The molecule has 1 aromatic carbocycles. The number of anilines is 2. The number of hydrogen-bond acceptors (Lipinski definition) is 3. The first-order chi connectivity index (χ1) is 10.1. The Morgan fingerprint density at radius 1 is 1.29 bits per heavy atom. The standard InChI is InChI=1S/C17H25N3O/c1-19-10-3-2-4-15(19)9-11-20-16-7-6-14(18)12-13(16)5-8-17(20)21/h6-7,12,15H,2-5,8-11,18H2,1H3. The lowest BCUT2D eigenvalue weighted by Gasteiger charge is -2.35. The Balaban J connectivity index is 1.71. The molecule has 2 N–H and O–H groups in total. The van der Waals surface area contributed by atoms with Crippen LogP contribution in [0.4, 0.5) is 11.4 Å². The van der Waals surface area contributed by atoms with E-state index >= 15 is 0 Å². The van der Waals surface area contributed by atoms with Gasteiger partial charge in [-0.15, -0.1) is 0 Å². The maximum atomic E-state index is 12.3. The van der Waals surface area contributed by atoms with Crippen LogP contribution in [0.3, 0.4) is 0 Å². The van der Waals surface area contributed by atoms with Crippen LogP contribution in [0.2, 0.25) is 0 Å². The topological polar surface area (TPSA) is 49.6 Å². The number of amides is 1. The van der Waals surface area contributed by atoms with Gasteiger partial charge < -0.3 is 15.5 Å². The quantitative estimate of drug-likeness (QED) is 0.869. The lowest BCUT2D eigenvalue weighted by atomic mass is 9.97. The van der Waals surface area contributed by atoms with Gasteiger partial charge in [0.2, 0.25) is 5.91 Å². The molecule has 1 saturated heterocycles. The summed E-state index contributed by atoms with van der Waals surface area (Å²) in [5.41, 5.74) is 8.93. The third-order valence-electron chi connectivity index (χ3n) is 4.91. The van der Waals surface area contributed by atoms with E-state index in [1.807, 2.05) is 23.1 Å². The maximum Gasteiger partial charge on any atom is 0.227 e. The Kier molecular flexibility index (Phi) is 4.15. The summed E-state index contributed by atoms with van der Waals surface area (Å²) in [7, 11) is 2.20. The molecule has 1 fully saturated rings. The number of carbonyl (C=O) groups excluding carboxylic acids is 1. The maximum absolute atomic E-state index is 12.3. The molecule has 114 valence electrons. The second kappa shape index (κ2) is 6.06. The third kappa shape index (κ3) is 3.05. The number of nitrogens with two attached hydrogens (primary N) is 1. The van der Waals surface area contributed by atoms with Crippen molar-refractivity contribution in [2.75, 3.05) is 30.8 Å². The number of aryl methyl sites for hydroxylation is 1. The number of fused-ring (bicyclic) bond motifs is 1. The molecule has 3 rings (SSSR count). The van der Waals surface area contributed by atoms with Gasteiger partial charge in [0.25, 0.3) is 0 Å². The number of hydrogen-bond donors (Lipinski definition) is 1. The summed E-state index contributed by atoms with van der Waals surface area (Å²) >= 11 is 0. The minimum atomic E-state index is 0.255.